The van der Waals surface area contributed by atoms with E-state index in [1.54, 1.807) is 7.11 Å². The molecule has 2 rings (SSSR count). The van der Waals surface area contributed by atoms with Gasteiger partial charge in [0.1, 0.15) is 5.75 Å². The van der Waals surface area contributed by atoms with Crippen molar-refractivity contribution in [3.63, 3.8) is 0 Å². The van der Waals surface area contributed by atoms with Crippen LogP contribution in [-0.2, 0) is 11.3 Å². The van der Waals surface area contributed by atoms with E-state index in [9.17, 15) is 4.79 Å². The minimum absolute atomic E-state index is 0.109. The quantitative estimate of drug-likeness (QED) is 0.850. The summed E-state index contributed by atoms with van der Waals surface area (Å²) in [4.78, 5) is 13.0. The van der Waals surface area contributed by atoms with Crippen LogP contribution in [0, 0.1) is 6.92 Å². The molecular formula is C18H21NO3. The zero-order valence-corrected chi connectivity index (χ0v) is 13.0. The van der Waals surface area contributed by atoms with Gasteiger partial charge in [-0.3, -0.25) is 4.79 Å². The average molecular weight is 299 g/mol. The molecule has 0 saturated carbocycles. The van der Waals surface area contributed by atoms with Gasteiger partial charge in [-0.05, 0) is 36.8 Å². The molecule has 1 N–H and O–H groups in total. The molecule has 0 radical (unpaired) electrons. The van der Waals surface area contributed by atoms with Gasteiger partial charge in [-0.25, -0.2) is 0 Å². The zero-order chi connectivity index (χ0) is 15.9. The second-order valence-electron chi connectivity index (χ2n) is 5.25. The SMILES string of the molecule is COc1ccc(N(CCC(=O)O)Cc2ccc(C)cc2)cc1. The smallest absolute Gasteiger partial charge is 0.305 e. The van der Waals surface area contributed by atoms with E-state index >= 15 is 0 Å². The van der Waals surface area contributed by atoms with Crippen molar-refractivity contribution in [1.29, 1.82) is 0 Å². The molecule has 116 valence electrons. The van der Waals surface area contributed by atoms with Gasteiger partial charge in [-0.1, -0.05) is 29.8 Å². The van der Waals surface area contributed by atoms with Gasteiger partial charge in [0.05, 0.1) is 13.5 Å². The standard InChI is InChI=1S/C18H21NO3/c1-14-3-5-15(6-4-14)13-19(12-11-18(20)21)16-7-9-17(22-2)10-8-16/h3-10H,11-13H2,1-2H3,(H,20,21). The maximum absolute atomic E-state index is 10.9. The van der Waals surface area contributed by atoms with Crippen molar-refractivity contribution in [2.24, 2.45) is 0 Å². The van der Waals surface area contributed by atoms with E-state index in [0.29, 0.717) is 13.1 Å². The summed E-state index contributed by atoms with van der Waals surface area (Å²) in [6, 6.07) is 16.0. The number of anilines is 1. The fraction of sp³-hybridized carbons (Fsp3) is 0.278. The maximum atomic E-state index is 10.9. The third-order valence-electron chi connectivity index (χ3n) is 3.53. The lowest BCUT2D eigenvalue weighted by Gasteiger charge is -2.24. The van der Waals surface area contributed by atoms with Crippen LogP contribution in [0.15, 0.2) is 48.5 Å². The number of carbonyl (C=O) groups is 1. The van der Waals surface area contributed by atoms with Crippen molar-refractivity contribution >= 4 is 11.7 Å². The molecule has 22 heavy (non-hydrogen) atoms. The lowest BCUT2D eigenvalue weighted by atomic mass is 10.1. The molecule has 0 heterocycles. The van der Waals surface area contributed by atoms with E-state index in [2.05, 4.69) is 36.1 Å². The van der Waals surface area contributed by atoms with E-state index in [1.807, 2.05) is 24.3 Å². The van der Waals surface area contributed by atoms with Crippen molar-refractivity contribution in [2.45, 2.75) is 19.9 Å². The van der Waals surface area contributed by atoms with Crippen LogP contribution in [0.1, 0.15) is 17.5 Å². The number of ether oxygens (including phenoxy) is 1. The monoisotopic (exact) mass is 299 g/mol. The van der Waals surface area contributed by atoms with E-state index in [0.717, 1.165) is 17.0 Å². The molecule has 0 amide bonds. The van der Waals surface area contributed by atoms with Gasteiger partial charge in [0.2, 0.25) is 0 Å². The van der Waals surface area contributed by atoms with E-state index in [4.69, 9.17) is 9.84 Å². The molecule has 4 nitrogen and oxygen atoms in total. The predicted molar refractivity (Wildman–Crippen MR) is 87.5 cm³/mol. The molecule has 0 aliphatic carbocycles. The normalized spacial score (nSPS) is 10.3. The second kappa shape index (κ2) is 7.50. The number of nitrogens with zero attached hydrogens (tertiary/aromatic N) is 1. The largest absolute Gasteiger partial charge is 0.497 e. The highest BCUT2D eigenvalue weighted by atomic mass is 16.5. The Hall–Kier alpha value is -2.49. The molecule has 0 spiro atoms. The minimum Gasteiger partial charge on any atom is -0.497 e. The van der Waals surface area contributed by atoms with Crippen LogP contribution in [0.5, 0.6) is 5.75 Å². The number of aryl methyl sites for hydroxylation is 1. The molecule has 0 bridgehead atoms. The molecule has 2 aromatic carbocycles. The predicted octanol–water partition coefficient (Wildman–Crippen LogP) is 3.48. The van der Waals surface area contributed by atoms with E-state index in [-0.39, 0.29) is 6.42 Å². The Morgan fingerprint density at radius 3 is 2.27 bits per heavy atom. The van der Waals surface area contributed by atoms with Crippen molar-refractivity contribution in [2.75, 3.05) is 18.6 Å². The molecule has 0 saturated heterocycles. The maximum Gasteiger partial charge on any atom is 0.305 e. The van der Waals surface area contributed by atoms with Gasteiger partial charge < -0.3 is 14.7 Å². The van der Waals surface area contributed by atoms with Crippen molar-refractivity contribution < 1.29 is 14.6 Å². The van der Waals surface area contributed by atoms with Gasteiger partial charge in [-0.15, -0.1) is 0 Å². The first-order valence-electron chi connectivity index (χ1n) is 7.25. The summed E-state index contributed by atoms with van der Waals surface area (Å²) in [6.07, 6.45) is 0.109. The Morgan fingerprint density at radius 1 is 1.09 bits per heavy atom. The first-order valence-corrected chi connectivity index (χ1v) is 7.25. The summed E-state index contributed by atoms with van der Waals surface area (Å²) in [7, 11) is 1.63. The Kier molecular flexibility index (Phi) is 5.42. The Morgan fingerprint density at radius 2 is 1.73 bits per heavy atom. The van der Waals surface area contributed by atoms with Gasteiger partial charge >= 0.3 is 5.97 Å². The fourth-order valence-corrected chi connectivity index (χ4v) is 2.24. The van der Waals surface area contributed by atoms with Gasteiger partial charge in [0, 0.05) is 18.8 Å². The van der Waals surface area contributed by atoms with Crippen LogP contribution in [0.3, 0.4) is 0 Å². The molecule has 0 atom stereocenters. The van der Waals surface area contributed by atoms with Gasteiger partial charge in [-0.2, -0.15) is 0 Å². The highest BCUT2D eigenvalue weighted by molar-refractivity contribution is 5.67. The summed E-state index contributed by atoms with van der Waals surface area (Å²) in [6.45, 7) is 3.20. The number of carboxylic acids is 1. The van der Waals surface area contributed by atoms with E-state index in [1.165, 1.54) is 5.56 Å². The van der Waals surface area contributed by atoms with Crippen molar-refractivity contribution in [1.82, 2.24) is 0 Å². The van der Waals surface area contributed by atoms with E-state index < -0.39 is 5.97 Å². The number of rotatable bonds is 7. The number of benzene rings is 2. The molecule has 0 aromatic heterocycles. The fourth-order valence-electron chi connectivity index (χ4n) is 2.24. The zero-order valence-electron chi connectivity index (χ0n) is 13.0. The second-order valence-corrected chi connectivity index (χ2v) is 5.25. The van der Waals surface area contributed by atoms with Crippen molar-refractivity contribution in [3.05, 3.63) is 59.7 Å². The summed E-state index contributed by atoms with van der Waals surface area (Å²) in [5.41, 5.74) is 3.36. The van der Waals surface area contributed by atoms with Crippen LogP contribution >= 0.6 is 0 Å². The van der Waals surface area contributed by atoms with Crippen LogP contribution in [0.4, 0.5) is 5.69 Å². The first kappa shape index (κ1) is 15.9. The average Bonchev–Trinajstić information content (AvgIpc) is 2.53. The van der Waals surface area contributed by atoms with Crippen LogP contribution in [-0.4, -0.2) is 24.7 Å². The lowest BCUT2D eigenvalue weighted by molar-refractivity contribution is -0.136. The summed E-state index contributed by atoms with van der Waals surface area (Å²) in [5, 5.41) is 8.95. The topological polar surface area (TPSA) is 49.8 Å². The number of carboxylic acid groups (broad SMARTS) is 1. The minimum atomic E-state index is -0.789. The number of hydrogen-bond donors (Lipinski definition) is 1. The molecule has 2 aromatic rings. The summed E-state index contributed by atoms with van der Waals surface area (Å²) < 4.78 is 5.17. The Labute approximate surface area is 131 Å². The number of aliphatic carboxylic acids is 1. The highest BCUT2D eigenvalue weighted by Crippen LogP contribution is 2.21. The number of methoxy groups -OCH3 is 1. The molecule has 0 aliphatic rings. The number of hydrogen-bond acceptors (Lipinski definition) is 3. The molecule has 0 fully saturated rings. The van der Waals surface area contributed by atoms with Gasteiger partial charge in [0.15, 0.2) is 0 Å². The molecule has 4 heteroatoms. The molecule has 0 unspecified atom stereocenters. The molecular weight excluding hydrogens is 278 g/mol. The lowest BCUT2D eigenvalue weighted by Crippen LogP contribution is -2.25. The van der Waals surface area contributed by atoms with Crippen molar-refractivity contribution in [3.8, 4) is 5.75 Å². The summed E-state index contributed by atoms with van der Waals surface area (Å²) >= 11 is 0. The molecule has 0 aliphatic heterocycles. The summed E-state index contributed by atoms with van der Waals surface area (Å²) in [5.74, 6) is -0.000289. The Bertz CT molecular complexity index is 605. The van der Waals surface area contributed by atoms with Crippen LogP contribution in [0.2, 0.25) is 0 Å². The third kappa shape index (κ3) is 4.52. The Balaban J connectivity index is 2.16. The third-order valence-corrected chi connectivity index (χ3v) is 3.53. The highest BCUT2D eigenvalue weighted by Gasteiger charge is 2.10. The van der Waals surface area contributed by atoms with Gasteiger partial charge in [0.25, 0.3) is 0 Å². The van der Waals surface area contributed by atoms with Crippen LogP contribution < -0.4 is 9.64 Å². The first-order chi connectivity index (χ1) is 10.6. The van der Waals surface area contributed by atoms with Crippen LogP contribution in [0.25, 0.3) is 0 Å².